The van der Waals surface area contributed by atoms with Crippen LogP contribution in [0.5, 0.6) is 0 Å². The average molecular weight is 413 g/mol. The first-order valence-electron chi connectivity index (χ1n) is 8.70. The Kier molecular flexibility index (Phi) is 4.61. The topological polar surface area (TPSA) is 99.8 Å². The zero-order valence-corrected chi connectivity index (χ0v) is 15.8. The Morgan fingerprint density at radius 3 is 2.43 bits per heavy atom. The van der Waals surface area contributed by atoms with Gasteiger partial charge in [-0.2, -0.15) is 9.97 Å². The van der Waals surface area contributed by atoms with E-state index < -0.39 is 29.0 Å². The number of oxazole rings is 1. The maximum Gasteiger partial charge on any atom is 0.355 e. The van der Waals surface area contributed by atoms with Crippen LogP contribution in [-0.4, -0.2) is 19.5 Å². The van der Waals surface area contributed by atoms with Crippen molar-refractivity contribution in [2.75, 3.05) is 5.73 Å². The minimum Gasteiger partial charge on any atom is -0.432 e. The Morgan fingerprint density at radius 2 is 1.73 bits per heavy atom. The van der Waals surface area contributed by atoms with Crippen LogP contribution in [0.25, 0.3) is 28.7 Å². The minimum absolute atomic E-state index is 0.000617. The van der Waals surface area contributed by atoms with Gasteiger partial charge in [0.05, 0.1) is 6.20 Å². The summed E-state index contributed by atoms with van der Waals surface area (Å²) in [5.74, 6) is -4.00. The highest BCUT2D eigenvalue weighted by Gasteiger charge is 2.22. The van der Waals surface area contributed by atoms with E-state index >= 15 is 0 Å². The summed E-state index contributed by atoms with van der Waals surface area (Å²) < 4.78 is 47.8. The third-order valence-electron chi connectivity index (χ3n) is 4.25. The maximum absolute atomic E-state index is 14.0. The van der Waals surface area contributed by atoms with Gasteiger partial charge in [0.1, 0.15) is 5.69 Å². The lowest BCUT2D eigenvalue weighted by Crippen LogP contribution is -2.24. The lowest BCUT2D eigenvalue weighted by Gasteiger charge is -2.05. The molecule has 0 unspecified atom stereocenters. The van der Waals surface area contributed by atoms with Crippen molar-refractivity contribution in [3.8, 4) is 28.7 Å². The molecule has 3 aromatic heterocycles. The average Bonchev–Trinajstić information content (AvgIpc) is 3.11. The Balaban J connectivity index is 2.00. The van der Waals surface area contributed by atoms with Crippen LogP contribution in [0.1, 0.15) is 11.3 Å². The van der Waals surface area contributed by atoms with Gasteiger partial charge in [-0.3, -0.25) is 0 Å². The molecule has 0 saturated heterocycles. The first-order chi connectivity index (χ1) is 14.2. The van der Waals surface area contributed by atoms with E-state index in [1.807, 2.05) is 13.0 Å². The van der Waals surface area contributed by atoms with Crippen LogP contribution in [0.4, 0.5) is 19.0 Å². The summed E-state index contributed by atoms with van der Waals surface area (Å²) in [4.78, 5) is 24.3. The molecule has 0 amide bonds. The number of aromatic nitrogens is 4. The molecule has 0 bridgehead atoms. The summed E-state index contributed by atoms with van der Waals surface area (Å²) in [5.41, 5.74) is 6.41. The highest BCUT2D eigenvalue weighted by molar-refractivity contribution is 5.68. The number of anilines is 1. The molecule has 30 heavy (non-hydrogen) atoms. The van der Waals surface area contributed by atoms with Gasteiger partial charge in [-0.15, -0.1) is 0 Å². The number of pyridine rings is 1. The highest BCUT2D eigenvalue weighted by atomic mass is 19.2. The zero-order valence-electron chi connectivity index (χ0n) is 15.8. The van der Waals surface area contributed by atoms with Crippen molar-refractivity contribution >= 4 is 5.82 Å². The van der Waals surface area contributed by atoms with Gasteiger partial charge in [-0.1, -0.05) is 0 Å². The van der Waals surface area contributed by atoms with Crippen molar-refractivity contribution in [2.24, 2.45) is 0 Å². The van der Waals surface area contributed by atoms with E-state index in [0.29, 0.717) is 11.4 Å². The molecule has 0 atom stereocenters. The lowest BCUT2D eigenvalue weighted by molar-refractivity contribution is 0.508. The molecule has 0 fully saturated rings. The zero-order chi connectivity index (χ0) is 21.6. The predicted octanol–water partition coefficient (Wildman–Crippen LogP) is 3.57. The Labute approximate surface area is 167 Å². The summed E-state index contributed by atoms with van der Waals surface area (Å²) >= 11 is 0. The molecule has 3 heterocycles. The Bertz CT molecular complexity index is 1330. The number of hydrogen-bond acceptors (Lipinski definition) is 6. The molecule has 4 aromatic rings. The fraction of sp³-hybridized carbons (Fsp3) is 0.100. The van der Waals surface area contributed by atoms with Crippen molar-refractivity contribution in [3.05, 3.63) is 75.7 Å². The quantitative estimate of drug-likeness (QED) is 0.551. The first-order valence-corrected chi connectivity index (χ1v) is 8.70. The molecule has 0 radical (unpaired) electrons. The van der Waals surface area contributed by atoms with Crippen LogP contribution in [-0.2, 0) is 0 Å². The van der Waals surface area contributed by atoms with E-state index in [-0.39, 0.29) is 23.0 Å². The summed E-state index contributed by atoms with van der Waals surface area (Å²) in [6.45, 7) is 3.63. The number of nitrogens with two attached hydrogens (primary N) is 1. The maximum atomic E-state index is 14.0. The molecule has 152 valence electrons. The number of hydrogen-bond donors (Lipinski definition) is 1. The fourth-order valence-corrected chi connectivity index (χ4v) is 2.96. The SMILES string of the molecule is Cc1cc(C)nc(-c2nc(-n3cc(F)c(N)nc3=O)c(-c3ccc(F)c(F)c3)o2)c1. The van der Waals surface area contributed by atoms with Crippen LogP contribution >= 0.6 is 0 Å². The van der Waals surface area contributed by atoms with E-state index in [4.69, 9.17) is 10.2 Å². The molecule has 0 aliphatic heterocycles. The van der Waals surface area contributed by atoms with Crippen LogP contribution in [0.15, 0.2) is 45.7 Å². The van der Waals surface area contributed by atoms with Crippen LogP contribution in [0.2, 0.25) is 0 Å². The summed E-state index contributed by atoms with van der Waals surface area (Å²) in [7, 11) is 0. The standard InChI is InChI=1S/C20H14F3N5O2/c1-9-5-10(2)25-15(6-9)19-27-18(28-8-14(23)17(24)26-20(28)29)16(30-19)11-3-4-12(21)13(22)7-11/h3-8H,1-2H3,(H2,24,26,29). The number of benzene rings is 1. The monoisotopic (exact) mass is 413 g/mol. The van der Waals surface area contributed by atoms with Crippen molar-refractivity contribution < 1.29 is 17.6 Å². The van der Waals surface area contributed by atoms with E-state index in [1.165, 1.54) is 6.07 Å². The smallest absolute Gasteiger partial charge is 0.355 e. The summed E-state index contributed by atoms with van der Waals surface area (Å²) in [6.07, 6.45) is 0.796. The van der Waals surface area contributed by atoms with Gasteiger partial charge < -0.3 is 10.2 Å². The first kappa shape index (κ1) is 19.4. The van der Waals surface area contributed by atoms with Gasteiger partial charge in [0.15, 0.2) is 34.8 Å². The van der Waals surface area contributed by atoms with Crippen LogP contribution in [0, 0.1) is 31.3 Å². The van der Waals surface area contributed by atoms with Gasteiger partial charge in [-0.25, -0.2) is 27.5 Å². The minimum atomic E-state index is -1.13. The largest absolute Gasteiger partial charge is 0.432 e. The Morgan fingerprint density at radius 1 is 0.967 bits per heavy atom. The molecule has 0 aliphatic rings. The van der Waals surface area contributed by atoms with Gasteiger partial charge >= 0.3 is 5.69 Å². The third-order valence-corrected chi connectivity index (χ3v) is 4.25. The van der Waals surface area contributed by atoms with E-state index in [2.05, 4.69) is 15.0 Å². The fourth-order valence-electron chi connectivity index (χ4n) is 2.96. The molecule has 0 saturated carbocycles. The molecule has 4 rings (SSSR count). The molecule has 2 N–H and O–H groups in total. The van der Waals surface area contributed by atoms with Crippen molar-refractivity contribution in [1.82, 2.24) is 19.5 Å². The molecule has 1 aromatic carbocycles. The second-order valence-electron chi connectivity index (χ2n) is 6.60. The molecule has 10 heteroatoms. The lowest BCUT2D eigenvalue weighted by atomic mass is 10.1. The summed E-state index contributed by atoms with van der Waals surface area (Å²) in [5, 5.41) is 0. The summed E-state index contributed by atoms with van der Waals surface area (Å²) in [6, 6.07) is 6.56. The van der Waals surface area contributed by atoms with Crippen molar-refractivity contribution in [3.63, 3.8) is 0 Å². The molecule has 0 spiro atoms. The van der Waals surface area contributed by atoms with Crippen molar-refractivity contribution in [2.45, 2.75) is 13.8 Å². The molecule has 0 aliphatic carbocycles. The number of aryl methyl sites for hydroxylation is 2. The van der Waals surface area contributed by atoms with E-state index in [1.54, 1.807) is 13.0 Å². The van der Waals surface area contributed by atoms with Crippen LogP contribution in [0.3, 0.4) is 0 Å². The number of halogens is 3. The van der Waals surface area contributed by atoms with Gasteiger partial charge in [-0.05, 0) is 49.7 Å². The third kappa shape index (κ3) is 3.43. The second-order valence-corrected chi connectivity index (χ2v) is 6.60. The second kappa shape index (κ2) is 7.14. The highest BCUT2D eigenvalue weighted by Crippen LogP contribution is 2.32. The number of rotatable bonds is 3. The van der Waals surface area contributed by atoms with Gasteiger partial charge in [0, 0.05) is 11.3 Å². The van der Waals surface area contributed by atoms with Gasteiger partial charge in [0.25, 0.3) is 0 Å². The van der Waals surface area contributed by atoms with E-state index in [0.717, 1.165) is 28.5 Å². The van der Waals surface area contributed by atoms with E-state index in [9.17, 15) is 18.0 Å². The normalized spacial score (nSPS) is 11.1. The molecule has 7 nitrogen and oxygen atoms in total. The van der Waals surface area contributed by atoms with Gasteiger partial charge in [0.2, 0.25) is 5.89 Å². The van der Waals surface area contributed by atoms with Crippen molar-refractivity contribution in [1.29, 1.82) is 0 Å². The number of nitrogen functional groups attached to an aromatic ring is 1. The molecular formula is C20H14F3N5O2. The van der Waals surface area contributed by atoms with Crippen LogP contribution < -0.4 is 11.4 Å². The molecular weight excluding hydrogens is 399 g/mol. The predicted molar refractivity (Wildman–Crippen MR) is 102 cm³/mol. The number of nitrogens with zero attached hydrogens (tertiary/aromatic N) is 4. The Hall–Kier alpha value is -3.95.